The molecular formula is C14H17N3OS. The van der Waals surface area contributed by atoms with E-state index in [1.807, 2.05) is 24.3 Å². The van der Waals surface area contributed by atoms with Gasteiger partial charge in [-0.2, -0.15) is 0 Å². The average molecular weight is 275 g/mol. The van der Waals surface area contributed by atoms with E-state index < -0.39 is 5.54 Å². The molecule has 0 saturated carbocycles. The Labute approximate surface area is 116 Å². The molecule has 1 aromatic carbocycles. The molecule has 1 aliphatic rings. The van der Waals surface area contributed by atoms with Crippen molar-refractivity contribution in [2.75, 3.05) is 12.8 Å². The zero-order valence-electron chi connectivity index (χ0n) is 10.8. The van der Waals surface area contributed by atoms with E-state index in [1.54, 1.807) is 18.4 Å². The van der Waals surface area contributed by atoms with Crippen molar-refractivity contribution >= 4 is 16.5 Å². The van der Waals surface area contributed by atoms with Crippen LogP contribution in [0.2, 0.25) is 0 Å². The van der Waals surface area contributed by atoms with Crippen molar-refractivity contribution in [3.05, 3.63) is 40.4 Å². The van der Waals surface area contributed by atoms with Gasteiger partial charge in [0.05, 0.1) is 12.8 Å². The lowest BCUT2D eigenvalue weighted by atomic mass is 9.78. The van der Waals surface area contributed by atoms with Gasteiger partial charge < -0.3 is 16.2 Å². The number of anilines is 1. The third-order valence-corrected chi connectivity index (χ3v) is 4.65. The number of para-hydroxylation sites is 1. The molecule has 1 unspecified atom stereocenters. The average Bonchev–Trinajstić information content (AvgIpc) is 2.77. The largest absolute Gasteiger partial charge is 0.496 e. The molecule has 0 aliphatic heterocycles. The molecule has 100 valence electrons. The Morgan fingerprint density at radius 1 is 1.37 bits per heavy atom. The van der Waals surface area contributed by atoms with Gasteiger partial charge in [-0.25, -0.2) is 4.98 Å². The fourth-order valence-corrected chi connectivity index (χ4v) is 3.74. The van der Waals surface area contributed by atoms with Gasteiger partial charge in [-0.1, -0.05) is 18.2 Å². The van der Waals surface area contributed by atoms with Crippen molar-refractivity contribution in [3.8, 4) is 5.75 Å². The monoisotopic (exact) mass is 275 g/mol. The topological polar surface area (TPSA) is 74.2 Å². The molecular weight excluding hydrogens is 258 g/mol. The fraction of sp³-hybridized carbons (Fsp3) is 0.357. The number of nitrogens with zero attached hydrogens (tertiary/aromatic N) is 1. The van der Waals surface area contributed by atoms with Gasteiger partial charge in [-0.05, 0) is 18.9 Å². The number of thiazole rings is 1. The summed E-state index contributed by atoms with van der Waals surface area (Å²) in [4.78, 5) is 5.57. The van der Waals surface area contributed by atoms with Crippen molar-refractivity contribution in [1.82, 2.24) is 4.98 Å². The number of nitrogen functional groups attached to an aromatic ring is 1. The maximum atomic E-state index is 6.64. The quantitative estimate of drug-likeness (QED) is 0.880. The number of nitrogens with two attached hydrogens (primary N) is 2. The fourth-order valence-electron chi connectivity index (χ4n) is 2.74. The number of ether oxygens (including phenoxy) is 1. The van der Waals surface area contributed by atoms with E-state index in [-0.39, 0.29) is 0 Å². The SMILES string of the molecule is COc1ccccc1C1(N)CCc2nc(N)sc2C1. The summed E-state index contributed by atoms with van der Waals surface area (Å²) in [6.45, 7) is 0. The Morgan fingerprint density at radius 3 is 2.95 bits per heavy atom. The lowest BCUT2D eigenvalue weighted by Gasteiger charge is -2.34. The maximum Gasteiger partial charge on any atom is 0.180 e. The van der Waals surface area contributed by atoms with Crippen LogP contribution in [0.5, 0.6) is 5.75 Å². The second-order valence-corrected chi connectivity index (χ2v) is 6.07. The van der Waals surface area contributed by atoms with Crippen molar-refractivity contribution in [3.63, 3.8) is 0 Å². The van der Waals surface area contributed by atoms with Gasteiger partial charge in [0, 0.05) is 22.4 Å². The molecule has 19 heavy (non-hydrogen) atoms. The Morgan fingerprint density at radius 2 is 2.16 bits per heavy atom. The number of rotatable bonds is 2. The first-order chi connectivity index (χ1) is 9.12. The first-order valence-electron chi connectivity index (χ1n) is 6.29. The number of fused-ring (bicyclic) bond motifs is 1. The Kier molecular flexibility index (Phi) is 2.95. The van der Waals surface area contributed by atoms with Crippen LogP contribution in [0, 0.1) is 0 Å². The van der Waals surface area contributed by atoms with E-state index in [1.165, 1.54) is 4.88 Å². The van der Waals surface area contributed by atoms with Crippen LogP contribution in [0.1, 0.15) is 22.6 Å². The molecule has 0 amide bonds. The molecule has 0 bridgehead atoms. The number of aromatic nitrogens is 1. The van der Waals surface area contributed by atoms with Crippen LogP contribution in [0.3, 0.4) is 0 Å². The molecule has 0 spiro atoms. The van der Waals surface area contributed by atoms with Crippen LogP contribution >= 0.6 is 11.3 Å². The van der Waals surface area contributed by atoms with Crippen molar-refractivity contribution < 1.29 is 4.74 Å². The molecule has 0 radical (unpaired) electrons. The van der Waals surface area contributed by atoms with Crippen LogP contribution in [0.15, 0.2) is 24.3 Å². The minimum atomic E-state index is -0.390. The molecule has 1 heterocycles. The summed E-state index contributed by atoms with van der Waals surface area (Å²) in [5, 5.41) is 0.634. The smallest absolute Gasteiger partial charge is 0.180 e. The highest BCUT2D eigenvalue weighted by Gasteiger charge is 2.36. The highest BCUT2D eigenvalue weighted by Crippen LogP contribution is 2.40. The van der Waals surface area contributed by atoms with E-state index in [0.29, 0.717) is 5.13 Å². The first kappa shape index (κ1) is 12.4. The number of benzene rings is 1. The van der Waals surface area contributed by atoms with Gasteiger partial charge in [0.2, 0.25) is 0 Å². The van der Waals surface area contributed by atoms with Crippen LogP contribution in [-0.2, 0) is 18.4 Å². The van der Waals surface area contributed by atoms with E-state index in [9.17, 15) is 0 Å². The minimum absolute atomic E-state index is 0.390. The molecule has 3 rings (SSSR count). The lowest BCUT2D eigenvalue weighted by Crippen LogP contribution is -2.42. The molecule has 4 nitrogen and oxygen atoms in total. The first-order valence-corrected chi connectivity index (χ1v) is 7.10. The Balaban J connectivity index is 2.01. The van der Waals surface area contributed by atoms with E-state index in [2.05, 4.69) is 4.98 Å². The summed E-state index contributed by atoms with van der Waals surface area (Å²) < 4.78 is 5.44. The molecule has 1 aromatic heterocycles. The van der Waals surface area contributed by atoms with Crippen LogP contribution in [0.25, 0.3) is 0 Å². The maximum absolute atomic E-state index is 6.64. The summed E-state index contributed by atoms with van der Waals surface area (Å²) >= 11 is 1.55. The number of methoxy groups -OCH3 is 1. The normalized spacial score (nSPS) is 22.0. The van der Waals surface area contributed by atoms with Crippen LogP contribution < -0.4 is 16.2 Å². The predicted octanol–water partition coefficient (Wildman–Crippen LogP) is 2.08. The van der Waals surface area contributed by atoms with Gasteiger partial charge in [0.15, 0.2) is 5.13 Å². The van der Waals surface area contributed by atoms with Crippen molar-refractivity contribution in [2.45, 2.75) is 24.8 Å². The van der Waals surface area contributed by atoms with Gasteiger partial charge in [-0.15, -0.1) is 11.3 Å². The van der Waals surface area contributed by atoms with Gasteiger partial charge >= 0.3 is 0 Å². The van der Waals surface area contributed by atoms with Crippen molar-refractivity contribution in [2.24, 2.45) is 5.73 Å². The van der Waals surface area contributed by atoms with E-state index in [4.69, 9.17) is 16.2 Å². The Bertz CT molecular complexity index is 610. The highest BCUT2D eigenvalue weighted by molar-refractivity contribution is 7.15. The standard InChI is InChI=1S/C14H17N3OS/c1-18-11-5-3-2-4-9(11)14(16)7-6-10-12(8-14)19-13(15)17-10/h2-5H,6-8,16H2,1H3,(H2,15,17). The molecule has 0 fully saturated rings. The minimum Gasteiger partial charge on any atom is -0.496 e. The second-order valence-electron chi connectivity index (χ2n) is 4.96. The van der Waals surface area contributed by atoms with Gasteiger partial charge in [-0.3, -0.25) is 0 Å². The summed E-state index contributed by atoms with van der Waals surface area (Å²) in [7, 11) is 1.68. The number of hydrogen-bond donors (Lipinski definition) is 2. The van der Waals surface area contributed by atoms with Crippen LogP contribution in [0.4, 0.5) is 5.13 Å². The highest BCUT2D eigenvalue weighted by atomic mass is 32.1. The molecule has 0 saturated heterocycles. The van der Waals surface area contributed by atoms with Crippen LogP contribution in [-0.4, -0.2) is 12.1 Å². The second kappa shape index (κ2) is 4.51. The molecule has 1 atom stereocenters. The lowest BCUT2D eigenvalue weighted by molar-refractivity contribution is 0.350. The predicted molar refractivity (Wildman–Crippen MR) is 77.4 cm³/mol. The zero-order valence-corrected chi connectivity index (χ0v) is 11.7. The third-order valence-electron chi connectivity index (χ3n) is 3.72. The number of hydrogen-bond acceptors (Lipinski definition) is 5. The van der Waals surface area contributed by atoms with Crippen molar-refractivity contribution in [1.29, 1.82) is 0 Å². The molecule has 1 aliphatic carbocycles. The Hall–Kier alpha value is -1.59. The third kappa shape index (κ3) is 2.09. The zero-order chi connectivity index (χ0) is 13.5. The van der Waals surface area contributed by atoms with E-state index >= 15 is 0 Å². The molecule has 2 aromatic rings. The summed E-state index contributed by atoms with van der Waals surface area (Å²) in [5.41, 5.74) is 14.2. The van der Waals surface area contributed by atoms with E-state index in [0.717, 1.165) is 36.3 Å². The summed E-state index contributed by atoms with van der Waals surface area (Å²) in [6.07, 6.45) is 2.51. The van der Waals surface area contributed by atoms with Gasteiger partial charge in [0.1, 0.15) is 5.75 Å². The number of aryl methyl sites for hydroxylation is 1. The summed E-state index contributed by atoms with van der Waals surface area (Å²) in [5.74, 6) is 0.853. The molecule has 4 N–H and O–H groups in total. The molecule has 5 heteroatoms. The van der Waals surface area contributed by atoms with Gasteiger partial charge in [0.25, 0.3) is 0 Å². The summed E-state index contributed by atoms with van der Waals surface area (Å²) in [6, 6.07) is 7.97.